The molecule has 1 aromatic carbocycles. The summed E-state index contributed by atoms with van der Waals surface area (Å²) in [6.45, 7) is 4.93. The molecule has 0 aliphatic carbocycles. The molecule has 0 radical (unpaired) electrons. The maximum Gasteiger partial charge on any atom is 0.236 e. The van der Waals surface area contributed by atoms with Crippen molar-refractivity contribution < 1.29 is 8.42 Å². The van der Waals surface area contributed by atoms with Crippen LogP contribution in [0.2, 0.25) is 0 Å². The average molecular weight is 333 g/mol. The van der Waals surface area contributed by atoms with Crippen molar-refractivity contribution in [2.45, 2.75) is 19.4 Å². The smallest absolute Gasteiger partial charge is 0.236 e. The first-order chi connectivity index (χ1) is 8.32. The second-order valence-electron chi connectivity index (χ2n) is 5.08. The van der Waals surface area contributed by atoms with Gasteiger partial charge in [0.2, 0.25) is 10.0 Å². The lowest BCUT2D eigenvalue weighted by Gasteiger charge is -2.30. The van der Waals surface area contributed by atoms with Gasteiger partial charge in [-0.15, -0.1) is 0 Å². The fourth-order valence-corrected chi connectivity index (χ4v) is 4.21. The molecule has 100 valence electrons. The van der Waals surface area contributed by atoms with Crippen molar-refractivity contribution >= 4 is 31.6 Å². The molecule has 18 heavy (non-hydrogen) atoms. The van der Waals surface area contributed by atoms with Crippen molar-refractivity contribution in [1.29, 1.82) is 0 Å². The molecule has 0 atom stereocenters. The molecule has 4 nitrogen and oxygen atoms in total. The number of hydrogen-bond donors (Lipinski definition) is 1. The van der Waals surface area contributed by atoms with E-state index in [0.717, 1.165) is 4.47 Å². The number of nitrogens with one attached hydrogen (secondary N) is 1. The van der Waals surface area contributed by atoms with E-state index >= 15 is 0 Å². The minimum absolute atomic E-state index is 0.123. The van der Waals surface area contributed by atoms with E-state index in [0.29, 0.717) is 18.8 Å². The number of para-hydroxylation sites is 1. The van der Waals surface area contributed by atoms with Gasteiger partial charge in [0, 0.05) is 16.6 Å². The number of rotatable bonds is 1. The fraction of sp³-hybridized carbons (Fsp3) is 0.500. The first kappa shape index (κ1) is 13.8. The standard InChI is InChI=1S/C12H17BrN2O2S/c1-12(2)9-15(18(16,17)8-7-14-12)11-6-4-3-5-10(11)13/h3-6,14H,7-9H2,1-2H3. The van der Waals surface area contributed by atoms with Gasteiger partial charge in [0.05, 0.1) is 18.0 Å². The maximum atomic E-state index is 12.3. The molecule has 0 saturated carbocycles. The minimum atomic E-state index is -3.27. The molecule has 1 saturated heterocycles. The first-order valence-electron chi connectivity index (χ1n) is 5.82. The van der Waals surface area contributed by atoms with Crippen LogP contribution in [0.3, 0.4) is 0 Å². The van der Waals surface area contributed by atoms with Gasteiger partial charge in [-0.2, -0.15) is 0 Å². The molecule has 1 aliphatic rings. The highest BCUT2D eigenvalue weighted by atomic mass is 79.9. The highest BCUT2D eigenvalue weighted by molar-refractivity contribution is 9.10. The van der Waals surface area contributed by atoms with Crippen LogP contribution in [0.25, 0.3) is 0 Å². The zero-order chi connectivity index (χ0) is 13.4. The summed E-state index contributed by atoms with van der Waals surface area (Å²) in [4.78, 5) is 0. The van der Waals surface area contributed by atoms with Gasteiger partial charge in [-0.05, 0) is 41.9 Å². The maximum absolute atomic E-state index is 12.3. The van der Waals surface area contributed by atoms with Gasteiger partial charge < -0.3 is 5.32 Å². The summed E-state index contributed by atoms with van der Waals surface area (Å²) in [6, 6.07) is 7.40. The zero-order valence-electron chi connectivity index (χ0n) is 10.5. The van der Waals surface area contributed by atoms with E-state index in [1.165, 1.54) is 4.31 Å². The predicted molar refractivity (Wildman–Crippen MR) is 77.4 cm³/mol. The molecule has 0 bridgehead atoms. The Morgan fingerprint density at radius 3 is 2.67 bits per heavy atom. The van der Waals surface area contributed by atoms with Gasteiger partial charge in [0.1, 0.15) is 0 Å². The largest absolute Gasteiger partial charge is 0.309 e. The van der Waals surface area contributed by atoms with Crippen molar-refractivity contribution in [1.82, 2.24) is 5.32 Å². The van der Waals surface area contributed by atoms with E-state index in [9.17, 15) is 8.42 Å². The molecule has 1 fully saturated rings. The van der Waals surface area contributed by atoms with Crippen LogP contribution in [0.4, 0.5) is 5.69 Å². The SMILES string of the molecule is CC1(C)CN(c2ccccc2Br)S(=O)(=O)CCN1. The van der Waals surface area contributed by atoms with Crippen molar-refractivity contribution in [3.8, 4) is 0 Å². The average Bonchev–Trinajstić information content (AvgIpc) is 2.36. The summed E-state index contributed by atoms with van der Waals surface area (Å²) >= 11 is 3.42. The second-order valence-corrected chi connectivity index (χ2v) is 7.95. The van der Waals surface area contributed by atoms with E-state index in [-0.39, 0.29) is 11.3 Å². The monoisotopic (exact) mass is 332 g/mol. The van der Waals surface area contributed by atoms with Gasteiger partial charge >= 0.3 is 0 Å². The lowest BCUT2D eigenvalue weighted by atomic mass is 10.1. The van der Waals surface area contributed by atoms with Crippen molar-refractivity contribution in [3.05, 3.63) is 28.7 Å². The van der Waals surface area contributed by atoms with Gasteiger partial charge in [0.25, 0.3) is 0 Å². The molecule has 0 amide bonds. The van der Waals surface area contributed by atoms with Crippen LogP contribution in [0.1, 0.15) is 13.8 Å². The second kappa shape index (κ2) is 4.83. The van der Waals surface area contributed by atoms with Crippen LogP contribution < -0.4 is 9.62 Å². The molecule has 6 heteroatoms. The van der Waals surface area contributed by atoms with Crippen molar-refractivity contribution in [2.75, 3.05) is 23.1 Å². The number of anilines is 1. The van der Waals surface area contributed by atoms with Gasteiger partial charge in [0.15, 0.2) is 0 Å². The quantitative estimate of drug-likeness (QED) is 0.855. The van der Waals surface area contributed by atoms with Gasteiger partial charge in [-0.1, -0.05) is 12.1 Å². The summed E-state index contributed by atoms with van der Waals surface area (Å²) in [5, 5.41) is 3.26. The third-order valence-electron chi connectivity index (χ3n) is 2.96. The molecule has 1 N–H and O–H groups in total. The molecule has 1 aromatic rings. The summed E-state index contributed by atoms with van der Waals surface area (Å²) in [6.07, 6.45) is 0. The van der Waals surface area contributed by atoms with Gasteiger partial charge in [-0.25, -0.2) is 8.42 Å². The Morgan fingerprint density at radius 2 is 2.00 bits per heavy atom. The molecule has 1 aliphatic heterocycles. The van der Waals surface area contributed by atoms with Crippen LogP contribution in [-0.2, 0) is 10.0 Å². The van der Waals surface area contributed by atoms with Crippen LogP contribution in [0, 0.1) is 0 Å². The van der Waals surface area contributed by atoms with Crippen LogP contribution >= 0.6 is 15.9 Å². The van der Waals surface area contributed by atoms with Crippen LogP contribution in [0.15, 0.2) is 28.7 Å². The highest BCUT2D eigenvalue weighted by Crippen LogP contribution is 2.30. The normalized spacial score (nSPS) is 22.5. The van der Waals surface area contributed by atoms with Crippen LogP contribution in [-0.4, -0.2) is 32.8 Å². The first-order valence-corrected chi connectivity index (χ1v) is 8.22. The number of halogens is 1. The number of hydrogen-bond acceptors (Lipinski definition) is 3. The Hall–Kier alpha value is -0.590. The third kappa shape index (κ3) is 2.87. The van der Waals surface area contributed by atoms with E-state index < -0.39 is 10.0 Å². The Labute approximate surface area is 117 Å². The number of benzene rings is 1. The summed E-state index contributed by atoms with van der Waals surface area (Å²) in [5.74, 6) is 0.123. The van der Waals surface area contributed by atoms with E-state index in [2.05, 4.69) is 21.2 Å². The number of sulfonamides is 1. The lowest BCUT2D eigenvalue weighted by Crippen LogP contribution is -2.47. The third-order valence-corrected chi connectivity index (χ3v) is 5.35. The summed E-state index contributed by atoms with van der Waals surface area (Å²) in [7, 11) is -3.27. The zero-order valence-corrected chi connectivity index (χ0v) is 12.9. The molecular weight excluding hydrogens is 316 g/mol. The highest BCUT2D eigenvalue weighted by Gasteiger charge is 2.33. The number of nitrogens with zero attached hydrogens (tertiary/aromatic N) is 1. The molecular formula is C12H17BrN2O2S. The minimum Gasteiger partial charge on any atom is -0.309 e. The Kier molecular flexibility index (Phi) is 3.71. The fourth-order valence-electron chi connectivity index (χ4n) is 2.03. The van der Waals surface area contributed by atoms with E-state index in [1.807, 2.05) is 38.1 Å². The lowest BCUT2D eigenvalue weighted by molar-refractivity contribution is 0.419. The molecule has 2 rings (SSSR count). The Morgan fingerprint density at radius 1 is 1.33 bits per heavy atom. The Balaban J connectivity index is 2.48. The molecule has 0 aromatic heterocycles. The van der Waals surface area contributed by atoms with Crippen molar-refractivity contribution in [3.63, 3.8) is 0 Å². The predicted octanol–water partition coefficient (Wildman–Crippen LogP) is 1.97. The molecule has 0 unspecified atom stereocenters. The molecule has 1 heterocycles. The van der Waals surface area contributed by atoms with Crippen molar-refractivity contribution in [2.24, 2.45) is 0 Å². The Bertz CT molecular complexity index is 543. The van der Waals surface area contributed by atoms with E-state index in [4.69, 9.17) is 0 Å². The molecule has 0 spiro atoms. The summed E-state index contributed by atoms with van der Waals surface area (Å²) < 4.78 is 26.9. The van der Waals surface area contributed by atoms with Gasteiger partial charge in [-0.3, -0.25) is 4.31 Å². The van der Waals surface area contributed by atoms with E-state index in [1.54, 1.807) is 0 Å². The summed E-state index contributed by atoms with van der Waals surface area (Å²) in [5.41, 5.74) is 0.466. The van der Waals surface area contributed by atoms with Crippen LogP contribution in [0.5, 0.6) is 0 Å². The topological polar surface area (TPSA) is 49.4 Å².